The number of nitrogens with one attached hydrogen (secondary N) is 1. The Labute approximate surface area is 177 Å². The van der Waals surface area contributed by atoms with E-state index in [0.29, 0.717) is 17.1 Å². The number of halogens is 1. The molecule has 2 aliphatic heterocycles. The fraction of sp³-hybridized carbons (Fsp3) is 0.273. The number of fused-ring (bicyclic) bond motifs is 4. The highest BCUT2D eigenvalue weighted by molar-refractivity contribution is 6.30. The number of carboxylic acids is 1. The Bertz CT molecular complexity index is 1200. The van der Waals surface area contributed by atoms with Gasteiger partial charge in [0.1, 0.15) is 0 Å². The molecule has 0 aliphatic carbocycles. The number of aromatic nitrogens is 1. The van der Waals surface area contributed by atoms with E-state index < -0.39 is 18.1 Å². The molecule has 2 unspecified atom stereocenters. The smallest absolute Gasteiger partial charge is 0.231 e. The van der Waals surface area contributed by atoms with E-state index in [0.717, 1.165) is 27.7 Å². The number of hydrogen-bond acceptors (Lipinski definition) is 6. The van der Waals surface area contributed by atoms with Gasteiger partial charge in [-0.05, 0) is 47.9 Å². The highest BCUT2D eigenvalue weighted by Gasteiger charge is 2.33. The predicted octanol–water partition coefficient (Wildman–Crippen LogP) is 1.68. The average Bonchev–Trinajstić information content (AvgIpc) is 3.34. The lowest BCUT2D eigenvalue weighted by molar-refractivity contribution is -0.308. The first-order valence-corrected chi connectivity index (χ1v) is 10.1. The fourth-order valence-electron chi connectivity index (χ4n) is 4.41. The summed E-state index contributed by atoms with van der Waals surface area (Å²) in [6.07, 6.45) is 0.259. The molecule has 0 fully saturated rings. The summed E-state index contributed by atoms with van der Waals surface area (Å²) in [7, 11) is 1.94. The molecule has 7 nitrogen and oxygen atoms in total. The topological polar surface area (TPSA) is 92.6 Å². The van der Waals surface area contributed by atoms with Crippen molar-refractivity contribution in [3.63, 3.8) is 0 Å². The summed E-state index contributed by atoms with van der Waals surface area (Å²) in [4.78, 5) is 23.9. The van der Waals surface area contributed by atoms with E-state index in [1.165, 1.54) is 0 Å². The second-order valence-corrected chi connectivity index (χ2v) is 7.77. The summed E-state index contributed by atoms with van der Waals surface area (Å²) in [5, 5.41) is 15.8. The van der Waals surface area contributed by atoms with Crippen molar-refractivity contribution in [1.29, 1.82) is 0 Å². The molecule has 0 bridgehead atoms. The van der Waals surface area contributed by atoms with Crippen molar-refractivity contribution in [2.75, 3.05) is 12.7 Å². The van der Waals surface area contributed by atoms with E-state index in [-0.39, 0.29) is 24.9 Å². The van der Waals surface area contributed by atoms with Crippen molar-refractivity contribution in [3.05, 3.63) is 58.8 Å². The van der Waals surface area contributed by atoms with Gasteiger partial charge in [-0.25, -0.2) is 0 Å². The Balaban J connectivity index is 1.71. The summed E-state index contributed by atoms with van der Waals surface area (Å²) < 4.78 is 12.9. The van der Waals surface area contributed by atoms with Gasteiger partial charge in [0.15, 0.2) is 17.3 Å². The minimum atomic E-state index is -1.17. The summed E-state index contributed by atoms with van der Waals surface area (Å²) in [5.74, 6) is -0.165. The maximum Gasteiger partial charge on any atom is 0.231 e. The SMILES string of the molecule is Cn1c2c(c3cc(C(=O)CCl)ccc31)CC(C(=O)[O-])NC2c1ccc2c(c1)OCO2. The lowest BCUT2D eigenvalue weighted by Crippen LogP contribution is -2.51. The molecule has 0 spiro atoms. The third-order valence-corrected chi connectivity index (χ3v) is 6.10. The maximum atomic E-state index is 12.1. The van der Waals surface area contributed by atoms with Crippen LogP contribution in [0.5, 0.6) is 11.5 Å². The zero-order valence-corrected chi connectivity index (χ0v) is 16.9. The zero-order valence-electron chi connectivity index (χ0n) is 16.1. The Morgan fingerprint density at radius 3 is 2.77 bits per heavy atom. The molecule has 154 valence electrons. The van der Waals surface area contributed by atoms with Gasteiger partial charge < -0.3 is 23.9 Å². The lowest BCUT2D eigenvalue weighted by atomic mass is 9.89. The van der Waals surface area contributed by atoms with Crippen molar-refractivity contribution in [2.24, 2.45) is 7.05 Å². The molecule has 5 rings (SSSR count). The van der Waals surface area contributed by atoms with E-state index in [9.17, 15) is 14.7 Å². The number of carbonyl (C=O) groups is 2. The molecule has 3 heterocycles. The Hall–Kier alpha value is -3.03. The molecular formula is C22H18ClN2O5-. The highest BCUT2D eigenvalue weighted by atomic mass is 35.5. The Morgan fingerprint density at radius 2 is 2.00 bits per heavy atom. The number of nitrogens with zero attached hydrogens (tertiary/aromatic N) is 1. The summed E-state index contributed by atoms with van der Waals surface area (Å²) in [6.45, 7) is 0.162. The van der Waals surface area contributed by atoms with Crippen LogP contribution in [-0.4, -0.2) is 35.0 Å². The van der Waals surface area contributed by atoms with E-state index in [1.54, 1.807) is 12.1 Å². The van der Waals surface area contributed by atoms with Crippen molar-refractivity contribution in [3.8, 4) is 11.5 Å². The number of carbonyl (C=O) groups excluding carboxylic acids is 2. The number of alkyl halides is 1. The number of aryl methyl sites for hydroxylation is 1. The van der Waals surface area contributed by atoms with Crippen LogP contribution in [-0.2, 0) is 18.3 Å². The number of Topliss-reactive ketones (excluding diaryl/α,β-unsaturated/α-hetero) is 1. The molecule has 0 saturated carbocycles. The second-order valence-electron chi connectivity index (χ2n) is 7.50. The molecular weight excluding hydrogens is 408 g/mol. The molecule has 1 aromatic heterocycles. The van der Waals surface area contributed by atoms with E-state index in [4.69, 9.17) is 21.1 Å². The van der Waals surface area contributed by atoms with Gasteiger partial charge in [0.2, 0.25) is 6.79 Å². The molecule has 0 amide bonds. The van der Waals surface area contributed by atoms with Crippen LogP contribution in [0.1, 0.15) is 33.2 Å². The molecule has 8 heteroatoms. The van der Waals surface area contributed by atoms with Crippen molar-refractivity contribution < 1.29 is 24.2 Å². The first kappa shape index (κ1) is 19.0. The lowest BCUT2D eigenvalue weighted by Gasteiger charge is -2.33. The van der Waals surface area contributed by atoms with Crippen molar-refractivity contribution >= 4 is 34.3 Å². The normalized spacial score (nSPS) is 19.7. The van der Waals surface area contributed by atoms with Gasteiger partial charge in [0.25, 0.3) is 0 Å². The predicted molar refractivity (Wildman–Crippen MR) is 108 cm³/mol. The summed E-state index contributed by atoms with van der Waals surface area (Å²) in [6, 6.07) is 9.74. The number of aliphatic carboxylic acids is 1. The van der Waals surface area contributed by atoms with Crippen LogP contribution in [0.3, 0.4) is 0 Å². The van der Waals surface area contributed by atoms with Gasteiger partial charge in [-0.3, -0.25) is 10.1 Å². The Morgan fingerprint density at radius 1 is 1.20 bits per heavy atom. The first-order valence-electron chi connectivity index (χ1n) is 9.54. The van der Waals surface area contributed by atoms with Crippen LogP contribution in [0, 0.1) is 0 Å². The number of ether oxygens (including phenoxy) is 2. The van der Waals surface area contributed by atoms with E-state index in [1.807, 2.05) is 35.9 Å². The molecule has 2 aliphatic rings. The standard InChI is InChI=1S/C22H19ClN2O5/c1-25-16-4-2-11(17(26)9-23)6-13(16)14-8-15(22(27)28)24-20(21(14)25)12-3-5-18-19(7-12)30-10-29-18/h2-7,15,20,24H,8-10H2,1H3,(H,27,28)/p-1. The van der Waals surface area contributed by atoms with Gasteiger partial charge >= 0.3 is 0 Å². The van der Waals surface area contributed by atoms with Gasteiger partial charge in [-0.1, -0.05) is 6.07 Å². The summed E-state index contributed by atoms with van der Waals surface area (Å²) >= 11 is 5.73. The van der Waals surface area contributed by atoms with Crippen LogP contribution in [0.25, 0.3) is 10.9 Å². The minimum Gasteiger partial charge on any atom is -0.548 e. The van der Waals surface area contributed by atoms with Crippen molar-refractivity contribution in [1.82, 2.24) is 9.88 Å². The maximum absolute atomic E-state index is 12.1. The number of benzene rings is 2. The second kappa shape index (κ2) is 7.04. The zero-order chi connectivity index (χ0) is 21.0. The van der Waals surface area contributed by atoms with Crippen LogP contribution in [0.15, 0.2) is 36.4 Å². The summed E-state index contributed by atoms with van der Waals surface area (Å²) in [5.41, 5.74) is 4.10. The average molecular weight is 426 g/mol. The number of ketones is 1. The van der Waals surface area contributed by atoms with Crippen LogP contribution < -0.4 is 19.9 Å². The Kier molecular flexibility index (Phi) is 4.45. The number of hydrogen-bond donors (Lipinski definition) is 1. The van der Waals surface area contributed by atoms with Gasteiger partial charge in [-0.2, -0.15) is 0 Å². The molecule has 0 saturated heterocycles. The molecule has 30 heavy (non-hydrogen) atoms. The van der Waals surface area contributed by atoms with Gasteiger partial charge in [0.05, 0.1) is 23.9 Å². The number of rotatable bonds is 4. The monoisotopic (exact) mass is 425 g/mol. The van der Waals surface area contributed by atoms with Gasteiger partial charge in [0, 0.05) is 29.2 Å². The van der Waals surface area contributed by atoms with Gasteiger partial charge in [-0.15, -0.1) is 11.6 Å². The first-order chi connectivity index (χ1) is 14.5. The highest BCUT2D eigenvalue weighted by Crippen LogP contribution is 2.40. The quantitative estimate of drug-likeness (QED) is 0.505. The largest absolute Gasteiger partial charge is 0.548 e. The molecule has 3 aromatic rings. The van der Waals surface area contributed by atoms with Crippen molar-refractivity contribution in [2.45, 2.75) is 18.5 Å². The molecule has 1 N–H and O–H groups in total. The third-order valence-electron chi connectivity index (χ3n) is 5.86. The van der Waals surface area contributed by atoms with Crippen LogP contribution >= 0.6 is 11.6 Å². The molecule has 2 atom stereocenters. The molecule has 0 radical (unpaired) electrons. The minimum absolute atomic E-state index is 0.108. The number of carboxylic acid groups (broad SMARTS) is 1. The van der Waals surface area contributed by atoms with Crippen LogP contribution in [0.4, 0.5) is 0 Å². The van der Waals surface area contributed by atoms with E-state index in [2.05, 4.69) is 5.32 Å². The van der Waals surface area contributed by atoms with Crippen LogP contribution in [0.2, 0.25) is 0 Å². The fourth-order valence-corrected chi connectivity index (χ4v) is 4.57. The van der Waals surface area contributed by atoms with E-state index >= 15 is 0 Å². The molecule has 2 aromatic carbocycles. The third kappa shape index (κ3) is 2.85.